The van der Waals surface area contributed by atoms with Crippen molar-refractivity contribution in [3.8, 4) is 0 Å². The van der Waals surface area contributed by atoms with E-state index in [0.717, 1.165) is 19.3 Å². The van der Waals surface area contributed by atoms with Gasteiger partial charge in [-0.2, -0.15) is 0 Å². The second kappa shape index (κ2) is 5.47. The Labute approximate surface area is 99.5 Å². The van der Waals surface area contributed by atoms with Gasteiger partial charge in [-0.3, -0.25) is 0 Å². The summed E-state index contributed by atoms with van der Waals surface area (Å²) in [4.78, 5) is 0. The SMILES string of the molecule is CC(C)NCC(C)S(=O)(=O)N(C)C1CCC1. The first kappa shape index (κ1) is 13.9. The van der Waals surface area contributed by atoms with Gasteiger partial charge in [0.1, 0.15) is 0 Å². The van der Waals surface area contributed by atoms with E-state index in [-0.39, 0.29) is 11.3 Å². The van der Waals surface area contributed by atoms with E-state index in [1.54, 1.807) is 18.3 Å². The third kappa shape index (κ3) is 3.18. The molecule has 5 heteroatoms. The highest BCUT2D eigenvalue weighted by atomic mass is 32.2. The maximum atomic E-state index is 12.2. The molecule has 1 N–H and O–H groups in total. The predicted molar refractivity (Wildman–Crippen MR) is 66.9 cm³/mol. The van der Waals surface area contributed by atoms with Crippen molar-refractivity contribution in [1.82, 2.24) is 9.62 Å². The van der Waals surface area contributed by atoms with E-state index in [9.17, 15) is 8.42 Å². The van der Waals surface area contributed by atoms with Gasteiger partial charge in [-0.1, -0.05) is 20.3 Å². The normalized spacial score (nSPS) is 20.1. The summed E-state index contributed by atoms with van der Waals surface area (Å²) in [6.07, 6.45) is 3.18. The molecule has 16 heavy (non-hydrogen) atoms. The maximum Gasteiger partial charge on any atom is 0.217 e. The van der Waals surface area contributed by atoms with Gasteiger partial charge in [-0.15, -0.1) is 0 Å². The average molecular weight is 248 g/mol. The van der Waals surface area contributed by atoms with E-state index in [4.69, 9.17) is 0 Å². The van der Waals surface area contributed by atoms with Crippen LogP contribution in [0, 0.1) is 0 Å². The smallest absolute Gasteiger partial charge is 0.217 e. The van der Waals surface area contributed by atoms with Gasteiger partial charge in [0, 0.05) is 25.7 Å². The van der Waals surface area contributed by atoms with Crippen LogP contribution in [0.1, 0.15) is 40.0 Å². The van der Waals surface area contributed by atoms with Gasteiger partial charge in [-0.25, -0.2) is 12.7 Å². The van der Waals surface area contributed by atoms with E-state index < -0.39 is 10.0 Å². The lowest BCUT2D eigenvalue weighted by Gasteiger charge is -2.35. The highest BCUT2D eigenvalue weighted by molar-refractivity contribution is 7.89. The van der Waals surface area contributed by atoms with Crippen molar-refractivity contribution in [2.75, 3.05) is 13.6 Å². The second-order valence-corrected chi connectivity index (χ2v) is 7.43. The van der Waals surface area contributed by atoms with E-state index in [0.29, 0.717) is 12.6 Å². The van der Waals surface area contributed by atoms with Crippen LogP contribution < -0.4 is 5.32 Å². The summed E-state index contributed by atoms with van der Waals surface area (Å²) in [5.41, 5.74) is 0. The lowest BCUT2D eigenvalue weighted by Crippen LogP contribution is -2.47. The first-order chi connectivity index (χ1) is 7.35. The van der Waals surface area contributed by atoms with Gasteiger partial charge in [0.25, 0.3) is 0 Å². The van der Waals surface area contributed by atoms with Crippen LogP contribution in [0.2, 0.25) is 0 Å². The zero-order valence-electron chi connectivity index (χ0n) is 10.7. The quantitative estimate of drug-likeness (QED) is 0.768. The van der Waals surface area contributed by atoms with Gasteiger partial charge in [-0.05, 0) is 19.8 Å². The van der Waals surface area contributed by atoms with Crippen molar-refractivity contribution in [2.24, 2.45) is 0 Å². The minimum absolute atomic E-state index is 0.242. The fraction of sp³-hybridized carbons (Fsp3) is 1.00. The van der Waals surface area contributed by atoms with Gasteiger partial charge >= 0.3 is 0 Å². The Morgan fingerprint density at radius 2 is 1.88 bits per heavy atom. The number of rotatable bonds is 6. The molecule has 1 unspecified atom stereocenters. The molecule has 1 aliphatic carbocycles. The van der Waals surface area contributed by atoms with E-state index >= 15 is 0 Å². The van der Waals surface area contributed by atoms with E-state index in [1.165, 1.54) is 0 Å². The first-order valence-electron chi connectivity index (χ1n) is 6.06. The van der Waals surface area contributed by atoms with Crippen molar-refractivity contribution in [3.63, 3.8) is 0 Å². The van der Waals surface area contributed by atoms with Gasteiger partial charge in [0.05, 0.1) is 5.25 Å². The fourth-order valence-electron chi connectivity index (χ4n) is 1.75. The summed E-state index contributed by atoms with van der Waals surface area (Å²) in [6.45, 7) is 6.35. The number of hydrogen-bond donors (Lipinski definition) is 1. The Morgan fingerprint density at radius 1 is 1.31 bits per heavy atom. The number of hydrogen-bond acceptors (Lipinski definition) is 3. The van der Waals surface area contributed by atoms with Crippen molar-refractivity contribution in [1.29, 1.82) is 0 Å². The Kier molecular flexibility index (Phi) is 4.76. The molecule has 0 amide bonds. The molecule has 0 saturated heterocycles. The molecule has 0 spiro atoms. The van der Waals surface area contributed by atoms with Crippen LogP contribution in [0.15, 0.2) is 0 Å². The van der Waals surface area contributed by atoms with Crippen molar-refractivity contribution in [2.45, 2.75) is 57.4 Å². The van der Waals surface area contributed by atoms with Gasteiger partial charge < -0.3 is 5.32 Å². The summed E-state index contributed by atoms with van der Waals surface area (Å²) < 4.78 is 25.9. The Hall–Kier alpha value is -0.130. The molecule has 1 atom stereocenters. The highest BCUT2D eigenvalue weighted by Gasteiger charge is 2.33. The van der Waals surface area contributed by atoms with Crippen molar-refractivity contribution < 1.29 is 8.42 Å². The molecule has 1 rings (SSSR count). The molecule has 0 aromatic rings. The lowest BCUT2D eigenvalue weighted by molar-refractivity contribution is 0.247. The molecular formula is C11H24N2O2S. The second-order valence-electron chi connectivity index (χ2n) is 5.02. The molecule has 1 fully saturated rings. The van der Waals surface area contributed by atoms with Crippen LogP contribution in [-0.4, -0.2) is 43.6 Å². The first-order valence-corrected chi connectivity index (χ1v) is 7.56. The summed E-state index contributed by atoms with van der Waals surface area (Å²) in [5.74, 6) is 0. The molecule has 1 aliphatic rings. The topological polar surface area (TPSA) is 49.4 Å². The Morgan fingerprint density at radius 3 is 2.25 bits per heavy atom. The van der Waals surface area contributed by atoms with E-state index in [1.807, 2.05) is 13.8 Å². The third-order valence-corrected chi connectivity index (χ3v) is 5.60. The molecule has 4 nitrogen and oxygen atoms in total. The zero-order valence-corrected chi connectivity index (χ0v) is 11.5. The molecule has 0 radical (unpaired) electrons. The van der Waals surface area contributed by atoms with Crippen LogP contribution in [0.25, 0.3) is 0 Å². The summed E-state index contributed by atoms with van der Waals surface area (Å²) in [5, 5.41) is 2.83. The van der Waals surface area contributed by atoms with Gasteiger partial charge in [0.2, 0.25) is 10.0 Å². The number of sulfonamides is 1. The van der Waals surface area contributed by atoms with Crippen molar-refractivity contribution >= 4 is 10.0 Å². The van der Waals surface area contributed by atoms with Gasteiger partial charge in [0.15, 0.2) is 0 Å². The van der Waals surface area contributed by atoms with Crippen LogP contribution in [0.4, 0.5) is 0 Å². The Bertz CT molecular complexity index is 310. The number of nitrogens with zero attached hydrogens (tertiary/aromatic N) is 1. The lowest BCUT2D eigenvalue weighted by atomic mass is 9.94. The maximum absolute atomic E-state index is 12.2. The standard InChI is InChI=1S/C11H24N2O2S/c1-9(2)12-8-10(3)16(14,15)13(4)11-6-5-7-11/h9-12H,5-8H2,1-4H3. The predicted octanol–water partition coefficient (Wildman–Crippen LogP) is 1.19. The zero-order chi connectivity index (χ0) is 12.3. The molecule has 0 aliphatic heterocycles. The van der Waals surface area contributed by atoms with Crippen LogP contribution >= 0.6 is 0 Å². The molecular weight excluding hydrogens is 224 g/mol. The summed E-state index contributed by atoms with van der Waals surface area (Å²) in [7, 11) is -1.41. The summed E-state index contributed by atoms with van der Waals surface area (Å²) >= 11 is 0. The fourth-order valence-corrected chi connectivity index (χ4v) is 3.25. The molecule has 96 valence electrons. The van der Waals surface area contributed by atoms with Crippen molar-refractivity contribution in [3.05, 3.63) is 0 Å². The molecule has 1 saturated carbocycles. The molecule has 0 aromatic heterocycles. The average Bonchev–Trinajstić information content (AvgIpc) is 2.10. The minimum atomic E-state index is -3.12. The minimum Gasteiger partial charge on any atom is -0.313 e. The Balaban J connectivity index is 2.54. The summed E-state index contributed by atoms with van der Waals surface area (Å²) in [6, 6.07) is 0.568. The molecule has 0 heterocycles. The van der Waals surface area contributed by atoms with Crippen LogP contribution in [0.3, 0.4) is 0 Å². The van der Waals surface area contributed by atoms with Crippen LogP contribution in [0.5, 0.6) is 0 Å². The number of nitrogens with one attached hydrogen (secondary N) is 1. The highest BCUT2D eigenvalue weighted by Crippen LogP contribution is 2.26. The molecule has 0 aromatic carbocycles. The van der Waals surface area contributed by atoms with Crippen LogP contribution in [-0.2, 0) is 10.0 Å². The largest absolute Gasteiger partial charge is 0.313 e. The monoisotopic (exact) mass is 248 g/mol. The third-order valence-electron chi connectivity index (χ3n) is 3.31. The van der Waals surface area contributed by atoms with E-state index in [2.05, 4.69) is 5.32 Å². The molecule has 0 bridgehead atoms.